The van der Waals surface area contributed by atoms with Crippen molar-refractivity contribution in [3.05, 3.63) is 101 Å². The van der Waals surface area contributed by atoms with Gasteiger partial charge in [0.15, 0.2) is 0 Å². The number of hydrogen-bond acceptors (Lipinski definition) is 5. The molecule has 7 nitrogen and oxygen atoms in total. The largest absolute Gasteiger partial charge is 0.508 e. The maximum Gasteiger partial charge on any atom is 0.234 e. The van der Waals surface area contributed by atoms with Crippen LogP contribution in [-0.4, -0.2) is 30.8 Å². The van der Waals surface area contributed by atoms with E-state index in [1.54, 1.807) is 18.5 Å². The highest BCUT2D eigenvalue weighted by Crippen LogP contribution is 2.38. The summed E-state index contributed by atoms with van der Waals surface area (Å²) in [5.41, 5.74) is 5.55. The van der Waals surface area contributed by atoms with E-state index in [9.17, 15) is 9.90 Å². The van der Waals surface area contributed by atoms with Crippen LogP contribution in [0.3, 0.4) is 0 Å². The van der Waals surface area contributed by atoms with Gasteiger partial charge in [-0.2, -0.15) is 5.10 Å². The van der Waals surface area contributed by atoms with Gasteiger partial charge in [0, 0.05) is 42.3 Å². The first kappa shape index (κ1) is 24.7. The quantitative estimate of drug-likeness (QED) is 0.354. The average molecular weight is 496 g/mol. The van der Waals surface area contributed by atoms with E-state index >= 15 is 0 Å². The number of carbonyl (C=O) groups excluding carboxylic acids is 1. The van der Waals surface area contributed by atoms with Gasteiger partial charge in [-0.3, -0.25) is 19.4 Å². The van der Waals surface area contributed by atoms with Gasteiger partial charge in [-0.05, 0) is 66.6 Å². The molecule has 3 heterocycles. The highest BCUT2D eigenvalue weighted by molar-refractivity contribution is 5.98. The van der Waals surface area contributed by atoms with E-state index in [1.807, 2.05) is 64.4 Å². The van der Waals surface area contributed by atoms with Crippen molar-refractivity contribution in [2.45, 2.75) is 64.5 Å². The van der Waals surface area contributed by atoms with E-state index in [1.165, 1.54) is 0 Å². The van der Waals surface area contributed by atoms with Crippen molar-refractivity contribution in [3.63, 3.8) is 0 Å². The van der Waals surface area contributed by atoms with Gasteiger partial charge in [0.25, 0.3) is 0 Å². The van der Waals surface area contributed by atoms with Crippen LogP contribution in [0.1, 0.15) is 66.6 Å². The van der Waals surface area contributed by atoms with Gasteiger partial charge in [0.05, 0.1) is 30.5 Å². The highest BCUT2D eigenvalue weighted by Gasteiger charge is 2.32. The van der Waals surface area contributed by atoms with Crippen LogP contribution in [0, 0.1) is 0 Å². The van der Waals surface area contributed by atoms with Crippen LogP contribution in [0.2, 0.25) is 0 Å². The molecule has 1 N–H and O–H groups in total. The van der Waals surface area contributed by atoms with E-state index in [4.69, 9.17) is 0 Å². The molecule has 1 amide bonds. The fourth-order valence-electron chi connectivity index (χ4n) is 5.04. The molecule has 3 aromatic heterocycles. The second-order valence-electron chi connectivity index (χ2n) is 9.99. The maximum atomic E-state index is 14.1. The fraction of sp³-hybridized carbons (Fsp3) is 0.333. The topological polar surface area (TPSA) is 84.1 Å². The fourth-order valence-corrected chi connectivity index (χ4v) is 5.04. The van der Waals surface area contributed by atoms with E-state index < -0.39 is 0 Å². The first-order valence-electron chi connectivity index (χ1n) is 13.0. The number of phenolic OH excluding ortho intramolecular Hbond substituents is 1. The molecule has 4 aromatic rings. The number of anilines is 1. The molecule has 0 radical (unpaired) electrons. The monoisotopic (exact) mass is 495 g/mol. The van der Waals surface area contributed by atoms with Crippen molar-refractivity contribution in [2.75, 3.05) is 4.90 Å². The number of carbonyl (C=O) groups is 1. The minimum Gasteiger partial charge on any atom is -0.508 e. The minimum atomic E-state index is -0.306. The van der Waals surface area contributed by atoms with E-state index in [2.05, 4.69) is 28.9 Å². The summed E-state index contributed by atoms with van der Waals surface area (Å²) in [6, 6.07) is 15.4. The average Bonchev–Trinajstić information content (AvgIpc) is 3.38. The van der Waals surface area contributed by atoms with Crippen LogP contribution >= 0.6 is 0 Å². The Labute approximate surface area is 217 Å². The molecule has 0 saturated heterocycles. The van der Waals surface area contributed by atoms with Crippen molar-refractivity contribution < 1.29 is 9.90 Å². The lowest BCUT2D eigenvalue weighted by Gasteiger charge is -2.31. The number of phenols is 1. The van der Waals surface area contributed by atoms with Crippen LogP contribution in [0.15, 0.2) is 73.3 Å². The summed E-state index contributed by atoms with van der Waals surface area (Å²) >= 11 is 0. The van der Waals surface area contributed by atoms with E-state index in [0.717, 1.165) is 59.4 Å². The molecule has 1 unspecified atom stereocenters. The lowest BCUT2D eigenvalue weighted by atomic mass is 9.81. The number of fused-ring (bicyclic) bond motifs is 1. The van der Waals surface area contributed by atoms with Gasteiger partial charge in [-0.15, -0.1) is 0 Å². The number of aromatic hydroxyl groups is 1. The summed E-state index contributed by atoms with van der Waals surface area (Å²) in [4.78, 5) is 24.9. The first-order chi connectivity index (χ1) is 18.0. The zero-order valence-electron chi connectivity index (χ0n) is 21.4. The first-order valence-corrected chi connectivity index (χ1v) is 13.0. The van der Waals surface area contributed by atoms with Crippen LogP contribution in [-0.2, 0) is 30.7 Å². The van der Waals surface area contributed by atoms with Crippen LogP contribution in [0.5, 0.6) is 5.75 Å². The molecule has 7 heteroatoms. The van der Waals surface area contributed by atoms with Gasteiger partial charge in [0.2, 0.25) is 5.91 Å². The summed E-state index contributed by atoms with van der Waals surface area (Å²) in [7, 11) is 0. The number of hydrogen-bond donors (Lipinski definition) is 1. The van der Waals surface area contributed by atoms with Crippen molar-refractivity contribution in [1.29, 1.82) is 0 Å². The molecular formula is C30H33N5O2. The van der Waals surface area contributed by atoms with Crippen LogP contribution in [0.25, 0.3) is 0 Å². The Morgan fingerprint density at radius 3 is 2.76 bits per heavy atom. The summed E-state index contributed by atoms with van der Waals surface area (Å²) in [5, 5.41) is 15.0. The Hall–Kier alpha value is -4.00. The lowest BCUT2D eigenvalue weighted by Crippen LogP contribution is -2.36. The highest BCUT2D eigenvalue weighted by atomic mass is 16.3. The molecule has 1 aliphatic carbocycles. The number of benzene rings is 1. The number of pyridine rings is 2. The number of rotatable bonds is 8. The Morgan fingerprint density at radius 1 is 1.11 bits per heavy atom. The number of aromatic nitrogens is 4. The van der Waals surface area contributed by atoms with Crippen molar-refractivity contribution in [3.8, 4) is 5.75 Å². The van der Waals surface area contributed by atoms with Crippen molar-refractivity contribution in [1.82, 2.24) is 19.7 Å². The summed E-state index contributed by atoms with van der Waals surface area (Å²) < 4.78 is 1.90. The van der Waals surface area contributed by atoms with E-state index in [0.29, 0.717) is 19.0 Å². The third-order valence-electron chi connectivity index (χ3n) is 7.07. The Kier molecular flexibility index (Phi) is 7.30. The summed E-state index contributed by atoms with van der Waals surface area (Å²) in [6.07, 6.45) is 10.6. The zero-order valence-corrected chi connectivity index (χ0v) is 21.4. The third kappa shape index (κ3) is 5.56. The Balaban J connectivity index is 1.41. The molecule has 5 rings (SSSR count). The number of nitrogens with zero attached hydrogens (tertiary/aromatic N) is 5. The molecule has 190 valence electrons. The molecule has 1 aromatic carbocycles. The van der Waals surface area contributed by atoms with Gasteiger partial charge < -0.3 is 10.0 Å². The number of aryl methyl sites for hydroxylation is 2. The van der Waals surface area contributed by atoms with Crippen molar-refractivity contribution in [2.24, 2.45) is 0 Å². The Bertz CT molecular complexity index is 1350. The summed E-state index contributed by atoms with van der Waals surface area (Å²) in [5.74, 6) is 0.300. The second kappa shape index (κ2) is 10.9. The molecule has 0 spiro atoms. The lowest BCUT2D eigenvalue weighted by molar-refractivity contribution is -0.120. The molecule has 0 saturated carbocycles. The normalized spacial score (nSPS) is 14.9. The van der Waals surface area contributed by atoms with Crippen molar-refractivity contribution >= 4 is 11.6 Å². The predicted octanol–water partition coefficient (Wildman–Crippen LogP) is 5.40. The van der Waals surface area contributed by atoms with Crippen LogP contribution < -0.4 is 4.90 Å². The summed E-state index contributed by atoms with van der Waals surface area (Å²) in [6.45, 7) is 5.33. The molecule has 0 fully saturated rings. The predicted molar refractivity (Wildman–Crippen MR) is 143 cm³/mol. The molecule has 1 aliphatic rings. The third-order valence-corrected chi connectivity index (χ3v) is 7.07. The molecule has 1 atom stereocenters. The Morgan fingerprint density at radius 2 is 2.00 bits per heavy atom. The number of amides is 1. The SMILES string of the molecule is CC(C)c1ccc(N(Cc2cnn(CCc3ccccn3)c2)C(=O)C2CCCc3c(O)cccc32)cn1. The van der Waals surface area contributed by atoms with Gasteiger partial charge in [-0.25, -0.2) is 0 Å². The smallest absolute Gasteiger partial charge is 0.234 e. The van der Waals surface area contributed by atoms with Gasteiger partial charge in [-0.1, -0.05) is 32.0 Å². The zero-order chi connectivity index (χ0) is 25.8. The molecule has 0 aliphatic heterocycles. The second-order valence-corrected chi connectivity index (χ2v) is 9.99. The molecule has 0 bridgehead atoms. The molecular weight excluding hydrogens is 462 g/mol. The van der Waals surface area contributed by atoms with Gasteiger partial charge in [0.1, 0.15) is 5.75 Å². The minimum absolute atomic E-state index is 0.0203. The standard InChI is InChI=1S/C30H33N5O2/c1-21(2)28-13-12-24(18-32-28)35(30(37)27-10-5-9-26-25(27)8-6-11-29(26)36)20-22-17-33-34(19-22)16-14-23-7-3-4-15-31-23/h3-4,6-8,11-13,15,17-19,21,27,36H,5,9-10,14,16,20H2,1-2H3. The van der Waals surface area contributed by atoms with Crippen LogP contribution in [0.4, 0.5) is 5.69 Å². The van der Waals surface area contributed by atoms with Gasteiger partial charge >= 0.3 is 0 Å². The molecule has 37 heavy (non-hydrogen) atoms. The maximum absolute atomic E-state index is 14.1. The van der Waals surface area contributed by atoms with E-state index in [-0.39, 0.29) is 17.6 Å².